The van der Waals surface area contributed by atoms with Crippen LogP contribution in [0.3, 0.4) is 0 Å². The van der Waals surface area contributed by atoms with Crippen molar-refractivity contribution in [3.05, 3.63) is 59.3 Å². The number of carbonyl (C=O) groups is 2. The maximum Gasteiger partial charge on any atom is 0.242 e. The summed E-state index contributed by atoms with van der Waals surface area (Å²) in [5.41, 5.74) is 2.27. The molecule has 0 radical (unpaired) electrons. The van der Waals surface area contributed by atoms with Crippen LogP contribution in [0, 0.1) is 0 Å². The fourth-order valence-electron chi connectivity index (χ4n) is 4.39. The topological polar surface area (TPSA) is 52.7 Å². The number of rotatable bonds is 6. The van der Waals surface area contributed by atoms with E-state index in [2.05, 4.69) is 22.9 Å². The summed E-state index contributed by atoms with van der Waals surface area (Å²) in [7, 11) is 1.96. The normalized spacial score (nSPS) is 18.4. The van der Waals surface area contributed by atoms with Gasteiger partial charge in [-0.3, -0.25) is 4.79 Å². The van der Waals surface area contributed by atoms with Crippen molar-refractivity contribution in [3.8, 4) is 0 Å². The summed E-state index contributed by atoms with van der Waals surface area (Å²) in [6, 6.07) is 12.4. The van der Waals surface area contributed by atoms with E-state index >= 15 is 0 Å². The van der Waals surface area contributed by atoms with Crippen molar-refractivity contribution in [3.63, 3.8) is 0 Å². The lowest BCUT2D eigenvalue weighted by atomic mass is 10.0. The second-order valence-electron chi connectivity index (χ2n) is 8.52. The lowest BCUT2D eigenvalue weighted by molar-refractivity contribution is -0.131. The van der Waals surface area contributed by atoms with E-state index in [0.29, 0.717) is 19.0 Å². The molecule has 0 spiro atoms. The summed E-state index contributed by atoms with van der Waals surface area (Å²) in [6.07, 6.45) is 6.92. The highest BCUT2D eigenvalue weighted by molar-refractivity contribution is 6.31. The minimum atomic E-state index is 0.264. The zero-order chi connectivity index (χ0) is 22.9. The van der Waals surface area contributed by atoms with Gasteiger partial charge >= 0.3 is 0 Å². The van der Waals surface area contributed by atoms with Gasteiger partial charge in [-0.2, -0.15) is 0 Å². The van der Waals surface area contributed by atoms with E-state index < -0.39 is 0 Å². The number of hydrogen-bond donors (Lipinski definition) is 1. The molecule has 32 heavy (non-hydrogen) atoms. The Morgan fingerprint density at radius 1 is 1.12 bits per heavy atom. The number of piperidine rings is 1. The average Bonchev–Trinajstić information content (AvgIpc) is 3.35. The third kappa shape index (κ3) is 6.57. The summed E-state index contributed by atoms with van der Waals surface area (Å²) in [6.45, 7) is 7.48. The number of likely N-dealkylation sites (tertiary alicyclic amines) is 2. The molecule has 6 heteroatoms. The Balaban J connectivity index is 0.000000182. The molecule has 0 bridgehead atoms. The van der Waals surface area contributed by atoms with Crippen molar-refractivity contribution < 1.29 is 9.59 Å². The Kier molecular flexibility index (Phi) is 9.12. The molecule has 0 saturated carbocycles. The maximum atomic E-state index is 12.1. The molecule has 0 aromatic heterocycles. The third-order valence-electron chi connectivity index (χ3n) is 6.28. The van der Waals surface area contributed by atoms with Gasteiger partial charge in [-0.05, 0) is 67.6 Å². The van der Waals surface area contributed by atoms with Crippen LogP contribution in [0.2, 0.25) is 5.02 Å². The molecule has 0 unspecified atom stereocenters. The largest absolute Gasteiger partial charge is 0.365 e. The number of nitrogens with one attached hydrogen (secondary N) is 1. The van der Waals surface area contributed by atoms with E-state index in [-0.39, 0.29) is 5.91 Å². The van der Waals surface area contributed by atoms with Crippen molar-refractivity contribution in [1.29, 1.82) is 0 Å². The molecule has 0 aliphatic carbocycles. The first-order valence-electron chi connectivity index (χ1n) is 11.5. The second kappa shape index (κ2) is 12.0. The Bertz CT molecular complexity index is 940. The zero-order valence-corrected chi connectivity index (χ0v) is 19.7. The van der Waals surface area contributed by atoms with Crippen LogP contribution in [-0.4, -0.2) is 61.3 Å². The summed E-state index contributed by atoms with van der Waals surface area (Å²) >= 11 is 5.90. The number of likely N-dealkylation sites (N-methyl/N-ethyl adjacent to an activating group) is 1. The first-order valence-corrected chi connectivity index (χ1v) is 11.9. The van der Waals surface area contributed by atoms with Crippen molar-refractivity contribution in [2.75, 3.05) is 33.2 Å². The van der Waals surface area contributed by atoms with Gasteiger partial charge in [0.1, 0.15) is 6.29 Å². The van der Waals surface area contributed by atoms with Crippen LogP contribution in [0.15, 0.2) is 48.7 Å². The summed E-state index contributed by atoms with van der Waals surface area (Å²) in [5.74, 6) is 0.264. The minimum Gasteiger partial charge on any atom is -0.365 e. The lowest BCUT2D eigenvalue weighted by Gasteiger charge is -2.36. The van der Waals surface area contributed by atoms with Crippen molar-refractivity contribution in [1.82, 2.24) is 15.1 Å². The van der Waals surface area contributed by atoms with Gasteiger partial charge < -0.3 is 19.9 Å². The van der Waals surface area contributed by atoms with E-state index in [1.807, 2.05) is 42.3 Å². The second-order valence-corrected chi connectivity index (χ2v) is 8.95. The van der Waals surface area contributed by atoms with Crippen molar-refractivity contribution >= 4 is 34.6 Å². The number of aryl methyl sites for hydroxylation is 1. The molecule has 2 fully saturated rings. The number of benzene rings is 2. The fraction of sp³-hybridized carbons (Fsp3) is 0.462. The molecule has 2 aromatic carbocycles. The van der Waals surface area contributed by atoms with E-state index in [0.717, 1.165) is 74.1 Å². The molecule has 2 saturated heterocycles. The molecule has 2 aliphatic heterocycles. The van der Waals surface area contributed by atoms with Crippen LogP contribution in [0.25, 0.3) is 10.8 Å². The van der Waals surface area contributed by atoms with Crippen LogP contribution < -0.4 is 5.32 Å². The average molecular weight is 456 g/mol. The van der Waals surface area contributed by atoms with E-state index in [1.54, 1.807) is 0 Å². The number of amides is 1. The van der Waals surface area contributed by atoms with E-state index in [4.69, 9.17) is 11.6 Å². The monoisotopic (exact) mass is 455 g/mol. The van der Waals surface area contributed by atoms with Crippen LogP contribution in [0.1, 0.15) is 37.7 Å². The quantitative estimate of drug-likeness (QED) is 0.654. The molecule has 1 N–H and O–H groups in total. The molecular formula is C26H34ClN3O2. The smallest absolute Gasteiger partial charge is 0.242 e. The Morgan fingerprint density at radius 3 is 2.56 bits per heavy atom. The molecule has 5 nitrogen and oxygen atoms in total. The van der Waals surface area contributed by atoms with Gasteiger partial charge in [-0.15, -0.1) is 0 Å². The number of carbonyl (C=O) groups excluding carboxylic acids is 2. The van der Waals surface area contributed by atoms with Crippen LogP contribution in [-0.2, 0) is 16.0 Å². The number of fused-ring (bicyclic) bond motifs is 1. The zero-order valence-electron chi connectivity index (χ0n) is 19.0. The molecule has 4 rings (SSSR count). The molecule has 1 atom stereocenters. The first kappa shape index (κ1) is 24.3. The predicted molar refractivity (Wildman–Crippen MR) is 132 cm³/mol. The maximum absolute atomic E-state index is 12.1. The summed E-state index contributed by atoms with van der Waals surface area (Å²) in [5, 5.41) is 6.32. The highest BCUT2D eigenvalue weighted by atomic mass is 35.5. The number of nitrogens with zero attached hydrogens (tertiary/aromatic N) is 2. The van der Waals surface area contributed by atoms with Crippen molar-refractivity contribution in [2.45, 2.75) is 44.6 Å². The van der Waals surface area contributed by atoms with Gasteiger partial charge in [0.25, 0.3) is 0 Å². The van der Waals surface area contributed by atoms with Gasteiger partial charge in [0, 0.05) is 42.8 Å². The minimum absolute atomic E-state index is 0.264. The third-order valence-corrected chi connectivity index (χ3v) is 6.52. The standard InChI is InChI=1S/C13H11ClO.C13H23N3O/c14-13-6-5-11-8-10(2-1-7-15)3-4-12(11)9-13;1-11-12(14-2)6-5-9-16(11)10-13(17)15-7-3-4-8-15/h3-9H,1-2H2;12,14H,1,3-10H2,2H3/t;12-/m.0/s1. The lowest BCUT2D eigenvalue weighted by Crippen LogP contribution is -2.46. The van der Waals surface area contributed by atoms with Gasteiger partial charge in [0.15, 0.2) is 0 Å². The Morgan fingerprint density at radius 2 is 1.84 bits per heavy atom. The highest BCUT2D eigenvalue weighted by Gasteiger charge is 2.26. The van der Waals surface area contributed by atoms with Gasteiger partial charge in [0.05, 0.1) is 6.54 Å². The molecule has 2 aromatic rings. The summed E-state index contributed by atoms with van der Waals surface area (Å²) in [4.78, 5) is 26.5. The first-order chi connectivity index (χ1) is 15.5. The highest BCUT2D eigenvalue weighted by Crippen LogP contribution is 2.21. The van der Waals surface area contributed by atoms with E-state index in [9.17, 15) is 9.59 Å². The van der Waals surface area contributed by atoms with Crippen LogP contribution in [0.4, 0.5) is 0 Å². The van der Waals surface area contributed by atoms with Gasteiger partial charge in [-0.25, -0.2) is 0 Å². The molecule has 2 aliphatic rings. The Hall–Kier alpha value is -2.37. The number of aldehydes is 1. The predicted octanol–water partition coefficient (Wildman–Crippen LogP) is 4.43. The van der Waals surface area contributed by atoms with E-state index in [1.165, 1.54) is 10.9 Å². The molecule has 172 valence electrons. The van der Waals surface area contributed by atoms with Crippen molar-refractivity contribution in [2.24, 2.45) is 0 Å². The Labute approximate surface area is 196 Å². The van der Waals surface area contributed by atoms with Crippen LogP contribution >= 0.6 is 11.6 Å². The van der Waals surface area contributed by atoms with Gasteiger partial charge in [0.2, 0.25) is 5.91 Å². The van der Waals surface area contributed by atoms with Gasteiger partial charge in [-0.1, -0.05) is 42.4 Å². The fourth-order valence-corrected chi connectivity index (χ4v) is 4.57. The van der Waals surface area contributed by atoms with Crippen LogP contribution in [0.5, 0.6) is 0 Å². The summed E-state index contributed by atoms with van der Waals surface area (Å²) < 4.78 is 0. The molecule has 1 amide bonds. The number of hydrogen-bond acceptors (Lipinski definition) is 4. The number of halogens is 1. The molecular weight excluding hydrogens is 422 g/mol. The SMILES string of the molecule is C=C1[C@@H](NC)CCCN1CC(=O)N1CCCC1.O=CCCc1ccc2cc(Cl)ccc2c1. The molecule has 2 heterocycles.